The lowest BCUT2D eigenvalue weighted by molar-refractivity contribution is -0.384. The van der Waals surface area contributed by atoms with E-state index >= 15 is 0 Å². The Balaban J connectivity index is 1.85. The van der Waals surface area contributed by atoms with Crippen LogP contribution in [0.2, 0.25) is 5.02 Å². The highest BCUT2D eigenvalue weighted by Crippen LogP contribution is 2.29. The first-order chi connectivity index (χ1) is 13.8. The fourth-order valence-electron chi connectivity index (χ4n) is 2.32. The van der Waals surface area contributed by atoms with Crippen LogP contribution in [-0.4, -0.2) is 24.5 Å². The predicted octanol–water partition coefficient (Wildman–Crippen LogP) is 3.89. The van der Waals surface area contributed by atoms with E-state index in [9.17, 15) is 18.5 Å². The number of benzene rings is 2. The average molecular weight is 432 g/mol. The van der Waals surface area contributed by atoms with Crippen LogP contribution in [0, 0.1) is 10.1 Å². The summed E-state index contributed by atoms with van der Waals surface area (Å²) in [6.45, 7) is 0. The number of nitrogens with zero attached hydrogens (tertiary/aromatic N) is 3. The lowest BCUT2D eigenvalue weighted by atomic mass is 10.3. The molecule has 1 heterocycles. The van der Waals surface area contributed by atoms with Gasteiger partial charge in [0.05, 0.1) is 21.7 Å². The molecule has 0 atom stereocenters. The molecule has 0 aliphatic heterocycles. The van der Waals surface area contributed by atoms with E-state index in [1.54, 1.807) is 36.7 Å². The molecule has 0 aliphatic rings. The highest BCUT2D eigenvalue weighted by Gasteiger charge is 2.21. The minimum absolute atomic E-state index is 0.0435. The minimum Gasteiger partial charge on any atom is -0.280 e. The van der Waals surface area contributed by atoms with Gasteiger partial charge >= 0.3 is 0 Å². The summed E-state index contributed by atoms with van der Waals surface area (Å²) in [7, 11) is -4.05. The summed E-state index contributed by atoms with van der Waals surface area (Å²) < 4.78 is 27.5. The number of hydrogen-bond acceptors (Lipinski definition) is 7. The molecule has 3 aromatic rings. The number of halogens is 1. The summed E-state index contributed by atoms with van der Waals surface area (Å²) in [4.78, 5) is 14.3. The average Bonchev–Trinajstić information content (AvgIpc) is 2.68. The molecule has 0 spiro atoms. The maximum absolute atomic E-state index is 12.6. The first-order valence-corrected chi connectivity index (χ1v) is 9.97. The van der Waals surface area contributed by atoms with Crippen LogP contribution < -0.4 is 10.1 Å². The number of hydrogen-bond donors (Lipinski definition) is 2. The molecular weight excluding hydrogens is 418 g/mol. The van der Waals surface area contributed by atoms with Gasteiger partial charge in [0.1, 0.15) is 5.69 Å². The molecular formula is C18H14ClN5O4S. The van der Waals surface area contributed by atoms with Crippen LogP contribution in [0.1, 0.15) is 5.56 Å². The lowest BCUT2D eigenvalue weighted by Gasteiger charge is -2.09. The minimum atomic E-state index is -4.05. The molecule has 2 N–H and O–H groups in total. The van der Waals surface area contributed by atoms with Crippen molar-refractivity contribution >= 4 is 44.9 Å². The second kappa shape index (κ2) is 8.67. The van der Waals surface area contributed by atoms with Gasteiger partial charge in [-0.25, -0.2) is 8.42 Å². The molecule has 0 unspecified atom stereocenters. The molecule has 9 nitrogen and oxygen atoms in total. The molecule has 3 rings (SSSR count). The largest absolute Gasteiger partial charge is 0.295 e. The third-order valence-corrected chi connectivity index (χ3v) is 5.27. The Morgan fingerprint density at radius 3 is 2.55 bits per heavy atom. The van der Waals surface area contributed by atoms with Crippen molar-refractivity contribution in [2.24, 2.45) is 5.10 Å². The number of rotatable bonds is 7. The zero-order chi connectivity index (χ0) is 20.9. The number of pyridine rings is 1. The Hall–Kier alpha value is -3.50. The van der Waals surface area contributed by atoms with E-state index in [1.165, 1.54) is 30.5 Å². The van der Waals surface area contributed by atoms with Crippen LogP contribution in [0.4, 0.5) is 17.1 Å². The van der Waals surface area contributed by atoms with Crippen LogP contribution in [0.3, 0.4) is 0 Å². The Labute approximate surface area is 171 Å². The normalized spacial score (nSPS) is 11.3. The maximum Gasteiger partial charge on any atom is 0.295 e. The monoisotopic (exact) mass is 431 g/mol. The van der Waals surface area contributed by atoms with E-state index in [2.05, 4.69) is 20.2 Å². The summed E-state index contributed by atoms with van der Waals surface area (Å²) >= 11 is 5.85. The van der Waals surface area contributed by atoms with Gasteiger partial charge in [0.25, 0.3) is 15.7 Å². The summed E-state index contributed by atoms with van der Waals surface area (Å²) in [5, 5.41) is 15.7. The second-order valence-corrected chi connectivity index (χ2v) is 7.82. The summed E-state index contributed by atoms with van der Waals surface area (Å²) in [6.07, 6.45) is 4.61. The SMILES string of the molecule is O=[N+]([O-])c1cc(S(=O)(=O)Nc2cccc(Cl)c2)ccc1NN=Cc1ccncc1. The van der Waals surface area contributed by atoms with Crippen molar-refractivity contribution in [3.8, 4) is 0 Å². The molecule has 29 heavy (non-hydrogen) atoms. The first-order valence-electron chi connectivity index (χ1n) is 8.11. The number of hydrazone groups is 1. The van der Waals surface area contributed by atoms with Gasteiger partial charge in [0.2, 0.25) is 0 Å². The van der Waals surface area contributed by atoms with Gasteiger partial charge in [-0.3, -0.25) is 25.2 Å². The van der Waals surface area contributed by atoms with Gasteiger partial charge < -0.3 is 0 Å². The van der Waals surface area contributed by atoms with Crippen LogP contribution >= 0.6 is 11.6 Å². The molecule has 0 radical (unpaired) electrons. The molecule has 2 aromatic carbocycles. The number of nitrogens with one attached hydrogen (secondary N) is 2. The smallest absolute Gasteiger partial charge is 0.280 e. The van der Waals surface area contributed by atoms with Gasteiger partial charge in [0.15, 0.2) is 0 Å². The molecule has 1 aromatic heterocycles. The van der Waals surface area contributed by atoms with Gasteiger partial charge in [-0.05, 0) is 48.0 Å². The Kier molecular flexibility index (Phi) is 6.05. The maximum atomic E-state index is 12.6. The van der Waals surface area contributed by atoms with Crippen LogP contribution in [-0.2, 0) is 10.0 Å². The fraction of sp³-hybridized carbons (Fsp3) is 0. The van der Waals surface area contributed by atoms with E-state index in [4.69, 9.17) is 11.6 Å². The number of nitro groups is 1. The lowest BCUT2D eigenvalue weighted by Crippen LogP contribution is -2.13. The summed E-state index contributed by atoms with van der Waals surface area (Å²) in [6, 6.07) is 13.0. The molecule has 0 aliphatic carbocycles. The van der Waals surface area contributed by atoms with Gasteiger partial charge in [-0.2, -0.15) is 5.10 Å². The molecule has 0 saturated heterocycles. The van der Waals surface area contributed by atoms with Gasteiger partial charge in [-0.1, -0.05) is 17.7 Å². The van der Waals surface area contributed by atoms with E-state index in [-0.39, 0.29) is 16.3 Å². The molecule has 0 bridgehead atoms. The highest BCUT2D eigenvalue weighted by atomic mass is 35.5. The zero-order valence-electron chi connectivity index (χ0n) is 14.7. The standard InChI is InChI=1S/C18H14ClN5O4S/c19-14-2-1-3-15(10-14)23-29(27,28)16-4-5-17(18(11-16)24(25)26)22-21-12-13-6-8-20-9-7-13/h1-12,22-23H. The second-order valence-electron chi connectivity index (χ2n) is 5.70. The van der Waals surface area contributed by atoms with E-state index in [0.29, 0.717) is 5.02 Å². The third kappa shape index (κ3) is 5.27. The van der Waals surface area contributed by atoms with Crippen molar-refractivity contribution in [3.05, 3.63) is 87.7 Å². The van der Waals surface area contributed by atoms with Crippen molar-refractivity contribution in [2.45, 2.75) is 4.90 Å². The summed E-state index contributed by atoms with van der Waals surface area (Å²) in [5.41, 5.74) is 3.13. The molecule has 11 heteroatoms. The molecule has 148 valence electrons. The van der Waals surface area contributed by atoms with Gasteiger partial charge in [0, 0.05) is 23.5 Å². The zero-order valence-corrected chi connectivity index (χ0v) is 16.3. The Morgan fingerprint density at radius 1 is 1.10 bits per heavy atom. The first kappa shape index (κ1) is 20.2. The predicted molar refractivity (Wildman–Crippen MR) is 111 cm³/mol. The van der Waals surface area contributed by atoms with E-state index < -0.39 is 20.6 Å². The van der Waals surface area contributed by atoms with E-state index in [1.807, 2.05) is 0 Å². The molecule has 0 amide bonds. The van der Waals surface area contributed by atoms with Crippen LogP contribution in [0.15, 0.2) is 77.0 Å². The van der Waals surface area contributed by atoms with E-state index in [0.717, 1.165) is 11.6 Å². The fourth-order valence-corrected chi connectivity index (χ4v) is 3.58. The van der Waals surface area contributed by atoms with Crippen molar-refractivity contribution in [2.75, 3.05) is 10.1 Å². The number of aromatic nitrogens is 1. The molecule has 0 fully saturated rings. The van der Waals surface area contributed by atoms with Crippen LogP contribution in [0.25, 0.3) is 0 Å². The topological polar surface area (TPSA) is 127 Å². The van der Waals surface area contributed by atoms with Crippen LogP contribution in [0.5, 0.6) is 0 Å². The third-order valence-electron chi connectivity index (χ3n) is 3.66. The van der Waals surface area contributed by atoms with Crippen molar-refractivity contribution in [1.82, 2.24) is 4.98 Å². The van der Waals surface area contributed by atoms with Gasteiger partial charge in [-0.15, -0.1) is 0 Å². The van der Waals surface area contributed by atoms with Crippen molar-refractivity contribution < 1.29 is 13.3 Å². The number of sulfonamides is 1. The number of anilines is 2. The van der Waals surface area contributed by atoms with Crippen molar-refractivity contribution in [1.29, 1.82) is 0 Å². The Morgan fingerprint density at radius 2 is 1.86 bits per heavy atom. The quantitative estimate of drug-likeness (QED) is 0.332. The number of nitro benzene ring substituents is 1. The highest BCUT2D eigenvalue weighted by molar-refractivity contribution is 7.92. The molecule has 0 saturated carbocycles. The summed E-state index contributed by atoms with van der Waals surface area (Å²) in [5.74, 6) is 0. The Bertz CT molecular complexity index is 1170. The van der Waals surface area contributed by atoms with Crippen molar-refractivity contribution in [3.63, 3.8) is 0 Å².